The van der Waals surface area contributed by atoms with Gasteiger partial charge >= 0.3 is 5.97 Å². The maximum Gasteiger partial charge on any atom is 0.336 e. The molecule has 0 heterocycles. The van der Waals surface area contributed by atoms with Crippen molar-refractivity contribution in [1.82, 2.24) is 0 Å². The summed E-state index contributed by atoms with van der Waals surface area (Å²) in [6.45, 7) is 3.87. The molecular weight excluding hydrogens is 224 g/mol. The van der Waals surface area contributed by atoms with E-state index in [-0.39, 0.29) is 0 Å². The van der Waals surface area contributed by atoms with E-state index >= 15 is 0 Å². The van der Waals surface area contributed by atoms with Gasteiger partial charge in [0.1, 0.15) is 0 Å². The summed E-state index contributed by atoms with van der Waals surface area (Å²) < 4.78 is 0. The Morgan fingerprint density at radius 2 is 1.89 bits per heavy atom. The zero-order valence-corrected chi connectivity index (χ0v) is 10.4. The van der Waals surface area contributed by atoms with Crippen molar-refractivity contribution < 1.29 is 9.90 Å². The molecule has 1 N–H and O–H groups in total. The Kier molecular flexibility index (Phi) is 2.27. The number of fused-ring (bicyclic) bond motifs is 3. The Bertz CT molecular complexity index is 669. The second-order valence-corrected chi connectivity index (χ2v) is 4.86. The lowest BCUT2D eigenvalue weighted by Gasteiger charge is -2.11. The smallest absolute Gasteiger partial charge is 0.336 e. The van der Waals surface area contributed by atoms with Crippen LogP contribution in [-0.2, 0) is 6.42 Å². The largest absolute Gasteiger partial charge is 0.478 e. The van der Waals surface area contributed by atoms with Crippen molar-refractivity contribution in [2.45, 2.75) is 20.3 Å². The van der Waals surface area contributed by atoms with Crippen LogP contribution in [0.1, 0.15) is 32.6 Å². The maximum atomic E-state index is 11.5. The number of aromatic carboxylic acids is 1. The summed E-state index contributed by atoms with van der Waals surface area (Å²) in [5.74, 6) is -0.819. The monoisotopic (exact) mass is 238 g/mol. The first-order valence-electron chi connectivity index (χ1n) is 6.04. The van der Waals surface area contributed by atoms with Crippen molar-refractivity contribution in [3.05, 3.63) is 58.1 Å². The lowest BCUT2D eigenvalue weighted by molar-refractivity contribution is 0.0695. The van der Waals surface area contributed by atoms with Gasteiger partial charge in [-0.2, -0.15) is 0 Å². The van der Waals surface area contributed by atoms with Gasteiger partial charge in [0.2, 0.25) is 0 Å². The van der Waals surface area contributed by atoms with Crippen LogP contribution in [0.3, 0.4) is 0 Å². The van der Waals surface area contributed by atoms with Gasteiger partial charge in [0.25, 0.3) is 0 Å². The van der Waals surface area contributed by atoms with Crippen molar-refractivity contribution in [3.63, 3.8) is 0 Å². The fourth-order valence-electron chi connectivity index (χ4n) is 2.81. The molecule has 0 radical (unpaired) electrons. The van der Waals surface area contributed by atoms with Crippen molar-refractivity contribution in [2.75, 3.05) is 0 Å². The molecule has 3 rings (SSSR count). The number of benzene rings is 2. The van der Waals surface area contributed by atoms with Crippen LogP contribution in [-0.4, -0.2) is 11.1 Å². The first kappa shape index (κ1) is 11.0. The molecule has 90 valence electrons. The topological polar surface area (TPSA) is 37.3 Å². The van der Waals surface area contributed by atoms with E-state index in [0.29, 0.717) is 5.56 Å². The number of hydrogen-bond donors (Lipinski definition) is 1. The predicted molar refractivity (Wildman–Crippen MR) is 71.1 cm³/mol. The van der Waals surface area contributed by atoms with Crippen LogP contribution in [0, 0.1) is 13.8 Å². The van der Waals surface area contributed by atoms with Crippen LogP contribution in [0.15, 0.2) is 30.3 Å². The van der Waals surface area contributed by atoms with E-state index in [2.05, 4.69) is 18.2 Å². The minimum atomic E-state index is -0.819. The molecule has 2 heteroatoms. The Labute approximate surface area is 106 Å². The molecule has 18 heavy (non-hydrogen) atoms. The normalized spacial score (nSPS) is 12.1. The van der Waals surface area contributed by atoms with E-state index < -0.39 is 5.97 Å². The van der Waals surface area contributed by atoms with Crippen LogP contribution < -0.4 is 0 Å². The van der Waals surface area contributed by atoms with Crippen LogP contribution in [0.4, 0.5) is 0 Å². The van der Waals surface area contributed by atoms with Gasteiger partial charge in [0, 0.05) is 0 Å². The van der Waals surface area contributed by atoms with Gasteiger partial charge in [0.05, 0.1) is 5.56 Å². The third-order valence-corrected chi connectivity index (χ3v) is 3.84. The summed E-state index contributed by atoms with van der Waals surface area (Å²) in [7, 11) is 0. The molecule has 1 aliphatic carbocycles. The average Bonchev–Trinajstić information content (AvgIpc) is 2.68. The van der Waals surface area contributed by atoms with Gasteiger partial charge in [-0.05, 0) is 53.6 Å². The molecule has 0 atom stereocenters. The van der Waals surface area contributed by atoms with Gasteiger partial charge in [0.15, 0.2) is 0 Å². The molecule has 0 unspecified atom stereocenters. The van der Waals surface area contributed by atoms with E-state index in [1.54, 1.807) is 0 Å². The third-order valence-electron chi connectivity index (χ3n) is 3.84. The fraction of sp³-hybridized carbons (Fsp3) is 0.188. The van der Waals surface area contributed by atoms with E-state index in [1.165, 1.54) is 11.1 Å². The summed E-state index contributed by atoms with van der Waals surface area (Å²) >= 11 is 0. The molecule has 0 bridgehead atoms. The molecule has 1 aliphatic rings. The van der Waals surface area contributed by atoms with Crippen molar-refractivity contribution in [1.29, 1.82) is 0 Å². The Morgan fingerprint density at radius 1 is 1.17 bits per heavy atom. The molecule has 0 fully saturated rings. The number of rotatable bonds is 1. The molecule has 0 amide bonds. The van der Waals surface area contributed by atoms with Gasteiger partial charge in [-0.3, -0.25) is 0 Å². The summed E-state index contributed by atoms with van der Waals surface area (Å²) in [5, 5.41) is 9.43. The minimum Gasteiger partial charge on any atom is -0.478 e. The molecule has 2 nitrogen and oxygen atoms in total. The van der Waals surface area contributed by atoms with Crippen molar-refractivity contribution in [2.24, 2.45) is 0 Å². The van der Waals surface area contributed by atoms with Crippen molar-refractivity contribution in [3.8, 4) is 11.1 Å². The zero-order chi connectivity index (χ0) is 12.9. The molecule has 2 aromatic carbocycles. The molecule has 2 aromatic rings. The Hall–Kier alpha value is -2.09. The lowest BCUT2D eigenvalue weighted by Crippen LogP contribution is -2.06. The fourth-order valence-corrected chi connectivity index (χ4v) is 2.81. The first-order valence-corrected chi connectivity index (χ1v) is 6.04. The highest BCUT2D eigenvalue weighted by molar-refractivity contribution is 5.96. The van der Waals surface area contributed by atoms with Gasteiger partial charge in [-0.15, -0.1) is 0 Å². The SMILES string of the molecule is Cc1cc2c(c(C(=O)O)c1C)Cc1ccccc1-2. The number of carboxylic acids is 1. The Morgan fingerprint density at radius 3 is 2.61 bits per heavy atom. The molecule has 0 aromatic heterocycles. The second kappa shape index (κ2) is 3.70. The summed E-state index contributed by atoms with van der Waals surface area (Å²) in [4.78, 5) is 11.5. The van der Waals surface area contributed by atoms with E-state index in [1.807, 2.05) is 26.0 Å². The van der Waals surface area contributed by atoms with Gasteiger partial charge in [-0.25, -0.2) is 4.79 Å². The highest BCUT2D eigenvalue weighted by Crippen LogP contribution is 2.40. The van der Waals surface area contributed by atoms with Crippen LogP contribution in [0.2, 0.25) is 0 Å². The molecular formula is C16H14O2. The summed E-state index contributed by atoms with van der Waals surface area (Å²) in [6, 6.07) is 10.3. The van der Waals surface area contributed by atoms with Crippen LogP contribution in [0.5, 0.6) is 0 Å². The molecule has 0 aliphatic heterocycles. The predicted octanol–water partition coefficient (Wildman–Crippen LogP) is 3.57. The number of carbonyl (C=O) groups is 1. The van der Waals surface area contributed by atoms with E-state index in [4.69, 9.17) is 0 Å². The van der Waals surface area contributed by atoms with Crippen LogP contribution in [0.25, 0.3) is 11.1 Å². The third kappa shape index (κ3) is 1.39. The van der Waals surface area contributed by atoms with E-state index in [9.17, 15) is 9.90 Å². The standard InChI is InChI=1S/C16H14O2/c1-9-7-13-12-6-4-3-5-11(12)8-14(13)15(10(9)2)16(17)18/h3-7H,8H2,1-2H3,(H,17,18). The summed E-state index contributed by atoms with van der Waals surface area (Å²) in [6.07, 6.45) is 0.730. The lowest BCUT2D eigenvalue weighted by atomic mass is 9.93. The van der Waals surface area contributed by atoms with Gasteiger partial charge in [-0.1, -0.05) is 30.3 Å². The molecule has 0 saturated heterocycles. The van der Waals surface area contributed by atoms with Crippen molar-refractivity contribution >= 4 is 5.97 Å². The first-order chi connectivity index (χ1) is 8.59. The highest BCUT2D eigenvalue weighted by atomic mass is 16.4. The zero-order valence-electron chi connectivity index (χ0n) is 10.4. The van der Waals surface area contributed by atoms with Crippen LogP contribution >= 0.6 is 0 Å². The maximum absolute atomic E-state index is 11.5. The highest BCUT2D eigenvalue weighted by Gasteiger charge is 2.25. The Balaban J connectivity index is 2.36. The number of carboxylic acid groups (broad SMARTS) is 1. The number of aryl methyl sites for hydroxylation is 1. The quantitative estimate of drug-likeness (QED) is 0.703. The average molecular weight is 238 g/mol. The second-order valence-electron chi connectivity index (χ2n) is 4.86. The molecule has 0 spiro atoms. The molecule has 0 saturated carbocycles. The minimum absolute atomic E-state index is 0.487. The number of hydrogen-bond acceptors (Lipinski definition) is 1. The van der Waals surface area contributed by atoms with E-state index in [0.717, 1.165) is 28.7 Å². The van der Waals surface area contributed by atoms with Gasteiger partial charge < -0.3 is 5.11 Å². The summed E-state index contributed by atoms with van der Waals surface area (Å²) in [5.41, 5.74) is 6.87.